The molecule has 3 aromatic heterocycles. The quantitative estimate of drug-likeness (QED) is 0.0455. The molecule has 0 radical (unpaired) electrons. The Morgan fingerprint density at radius 2 is 1.02 bits per heavy atom. The zero-order valence-corrected chi connectivity index (χ0v) is 33.6. The molecule has 0 aliphatic rings. The molecule has 6 N–H and O–H groups in total. The van der Waals surface area contributed by atoms with Gasteiger partial charge in [-0.2, -0.15) is 0 Å². The van der Waals surface area contributed by atoms with Gasteiger partial charge in [-0.25, -0.2) is 38.3 Å². The van der Waals surface area contributed by atoms with Crippen molar-refractivity contribution in [2.24, 2.45) is 0 Å². The summed E-state index contributed by atoms with van der Waals surface area (Å²) in [4.78, 5) is 27.0. The van der Waals surface area contributed by atoms with E-state index in [0.717, 1.165) is 66.6 Å². The number of hydrogen-bond donors (Lipinski definition) is 3. The maximum absolute atomic E-state index is 12.8. The summed E-state index contributed by atoms with van der Waals surface area (Å²) in [5.41, 5.74) is 23.2. The molecule has 272 valence electrons. The van der Waals surface area contributed by atoms with E-state index in [4.69, 9.17) is 50.4 Å². The third-order valence-corrected chi connectivity index (χ3v) is 12.2. The molecule has 16 heteroatoms. The fourth-order valence-electron chi connectivity index (χ4n) is 5.33. The van der Waals surface area contributed by atoms with E-state index >= 15 is 0 Å². The summed E-state index contributed by atoms with van der Waals surface area (Å²) in [6, 6.07) is 0. The summed E-state index contributed by atoms with van der Waals surface area (Å²) < 4.78 is 25.7. The standard InChI is InChI=1S/C33H51Cl2N9O2S3/c1-8-17-49(45,46)33-41-26(19(4)5)23(37)28(42-33)21(7)14-10-11-15-47-31-39-25(18(2)3)22(36)27(40-31)20(6)13-9-12-16-48-32-43-29(34)24(38)30(35)44-32/h18-21H,8-17,36-38H2,1-7H3. The van der Waals surface area contributed by atoms with Crippen LogP contribution < -0.4 is 17.2 Å². The van der Waals surface area contributed by atoms with Crippen molar-refractivity contribution in [1.82, 2.24) is 29.9 Å². The zero-order valence-electron chi connectivity index (χ0n) is 29.6. The predicted octanol–water partition coefficient (Wildman–Crippen LogP) is 8.67. The molecule has 0 saturated heterocycles. The zero-order chi connectivity index (χ0) is 36.5. The smallest absolute Gasteiger partial charge is 0.247 e. The molecule has 2 atom stereocenters. The average Bonchev–Trinajstić information content (AvgIpc) is 3.03. The molecular formula is C33H51Cl2N9O2S3. The fourth-order valence-corrected chi connectivity index (χ4v) is 8.71. The maximum atomic E-state index is 12.8. The lowest BCUT2D eigenvalue weighted by Crippen LogP contribution is -2.17. The Hall–Kier alpha value is -2.13. The molecular weight excluding hydrogens is 722 g/mol. The van der Waals surface area contributed by atoms with Crippen LogP contribution in [0.4, 0.5) is 17.1 Å². The summed E-state index contributed by atoms with van der Waals surface area (Å²) in [5, 5.41) is 1.48. The van der Waals surface area contributed by atoms with Gasteiger partial charge in [0, 0.05) is 23.3 Å². The first-order valence-corrected chi connectivity index (χ1v) is 21.3. The number of halogens is 2. The molecule has 0 bridgehead atoms. The van der Waals surface area contributed by atoms with Crippen molar-refractivity contribution in [2.45, 2.75) is 133 Å². The molecule has 0 fully saturated rings. The molecule has 0 spiro atoms. The number of rotatable bonds is 19. The van der Waals surface area contributed by atoms with E-state index in [9.17, 15) is 8.42 Å². The van der Waals surface area contributed by atoms with Gasteiger partial charge in [-0.1, -0.05) is 108 Å². The number of nitrogens with two attached hydrogens (primary N) is 3. The van der Waals surface area contributed by atoms with Crippen molar-refractivity contribution < 1.29 is 8.42 Å². The maximum Gasteiger partial charge on any atom is 0.247 e. The van der Waals surface area contributed by atoms with Crippen LogP contribution in [0.1, 0.15) is 140 Å². The first-order chi connectivity index (χ1) is 23.1. The summed E-state index contributed by atoms with van der Waals surface area (Å²) in [6.45, 7) is 14.2. The molecule has 3 rings (SSSR count). The fraction of sp³-hybridized carbons (Fsp3) is 0.636. The van der Waals surface area contributed by atoms with Crippen LogP contribution in [0.2, 0.25) is 10.3 Å². The Balaban J connectivity index is 1.58. The minimum atomic E-state index is -3.57. The Morgan fingerprint density at radius 3 is 1.49 bits per heavy atom. The van der Waals surface area contributed by atoms with E-state index in [1.54, 1.807) is 11.8 Å². The van der Waals surface area contributed by atoms with Crippen LogP contribution in [-0.4, -0.2) is 55.6 Å². The minimum absolute atomic E-state index is 0.0121. The summed E-state index contributed by atoms with van der Waals surface area (Å²) in [5.74, 6) is 1.99. The number of nitrogen functional groups attached to an aromatic ring is 3. The van der Waals surface area contributed by atoms with E-state index in [1.165, 1.54) is 11.8 Å². The number of aromatic nitrogens is 6. The van der Waals surface area contributed by atoms with Crippen molar-refractivity contribution in [3.05, 3.63) is 33.1 Å². The molecule has 0 aliphatic heterocycles. The molecule has 11 nitrogen and oxygen atoms in total. The first-order valence-electron chi connectivity index (χ1n) is 16.9. The van der Waals surface area contributed by atoms with Gasteiger partial charge in [0.2, 0.25) is 15.0 Å². The lowest BCUT2D eigenvalue weighted by Gasteiger charge is -2.19. The highest BCUT2D eigenvalue weighted by molar-refractivity contribution is 7.99. The van der Waals surface area contributed by atoms with E-state index in [1.807, 2.05) is 27.7 Å². The summed E-state index contributed by atoms with van der Waals surface area (Å²) in [7, 11) is -3.57. The van der Waals surface area contributed by atoms with Gasteiger partial charge in [0.1, 0.15) is 5.69 Å². The lowest BCUT2D eigenvalue weighted by molar-refractivity contribution is 0.572. The molecule has 0 aromatic carbocycles. The Kier molecular flexibility index (Phi) is 15.9. The molecule has 0 amide bonds. The second-order valence-electron chi connectivity index (χ2n) is 13.0. The van der Waals surface area contributed by atoms with Crippen molar-refractivity contribution >= 4 is 73.6 Å². The molecule has 3 heterocycles. The van der Waals surface area contributed by atoms with Gasteiger partial charge in [-0.3, -0.25) is 0 Å². The van der Waals surface area contributed by atoms with E-state index in [2.05, 4.69) is 40.7 Å². The second kappa shape index (κ2) is 18.9. The molecule has 49 heavy (non-hydrogen) atoms. The number of unbranched alkanes of at least 4 members (excludes halogenated alkanes) is 2. The number of nitrogens with zero attached hydrogens (tertiary/aromatic N) is 6. The van der Waals surface area contributed by atoms with Crippen LogP contribution in [0.5, 0.6) is 0 Å². The van der Waals surface area contributed by atoms with Gasteiger partial charge >= 0.3 is 0 Å². The van der Waals surface area contributed by atoms with Gasteiger partial charge < -0.3 is 17.2 Å². The number of thioether (sulfide) groups is 2. The third-order valence-electron chi connectivity index (χ3n) is 8.10. The molecule has 3 aromatic rings. The van der Waals surface area contributed by atoms with Gasteiger partial charge in [0.05, 0.1) is 39.9 Å². The van der Waals surface area contributed by atoms with Crippen LogP contribution in [0, 0.1) is 0 Å². The highest BCUT2D eigenvalue weighted by atomic mass is 35.5. The van der Waals surface area contributed by atoms with Crippen LogP contribution >= 0.6 is 46.7 Å². The van der Waals surface area contributed by atoms with Crippen molar-refractivity contribution in [3.8, 4) is 0 Å². The average molecular weight is 773 g/mol. The predicted molar refractivity (Wildman–Crippen MR) is 206 cm³/mol. The highest BCUT2D eigenvalue weighted by Gasteiger charge is 2.25. The third kappa shape index (κ3) is 11.4. The van der Waals surface area contributed by atoms with Gasteiger partial charge in [0.25, 0.3) is 0 Å². The number of anilines is 3. The largest absolute Gasteiger partial charge is 0.396 e. The van der Waals surface area contributed by atoms with Crippen LogP contribution in [0.15, 0.2) is 15.5 Å². The Labute approximate surface area is 310 Å². The lowest BCUT2D eigenvalue weighted by atomic mass is 9.96. The highest BCUT2D eigenvalue weighted by Crippen LogP contribution is 2.34. The summed E-state index contributed by atoms with van der Waals surface area (Å²) in [6.07, 6.45) is 6.02. The summed E-state index contributed by atoms with van der Waals surface area (Å²) >= 11 is 15.2. The van der Waals surface area contributed by atoms with Crippen molar-refractivity contribution in [3.63, 3.8) is 0 Å². The van der Waals surface area contributed by atoms with E-state index in [0.29, 0.717) is 34.3 Å². The monoisotopic (exact) mass is 771 g/mol. The van der Waals surface area contributed by atoms with Crippen molar-refractivity contribution in [2.75, 3.05) is 34.5 Å². The van der Waals surface area contributed by atoms with Gasteiger partial charge in [0.15, 0.2) is 20.6 Å². The van der Waals surface area contributed by atoms with Gasteiger partial charge in [-0.05, 0) is 43.9 Å². The Bertz CT molecular complexity index is 1650. The number of sulfone groups is 1. The topological polar surface area (TPSA) is 190 Å². The first kappa shape index (κ1) is 41.3. The molecule has 2 unspecified atom stereocenters. The second-order valence-corrected chi connectivity index (χ2v) is 17.8. The van der Waals surface area contributed by atoms with Crippen LogP contribution in [0.3, 0.4) is 0 Å². The Morgan fingerprint density at radius 1 is 0.612 bits per heavy atom. The van der Waals surface area contributed by atoms with Crippen LogP contribution in [-0.2, 0) is 9.84 Å². The molecule has 0 aliphatic carbocycles. The van der Waals surface area contributed by atoms with E-state index in [-0.39, 0.29) is 50.6 Å². The van der Waals surface area contributed by atoms with Crippen molar-refractivity contribution in [1.29, 1.82) is 0 Å². The number of hydrogen-bond acceptors (Lipinski definition) is 13. The molecule has 0 saturated carbocycles. The SMILES string of the molecule is CCCS(=O)(=O)c1nc(C(C)C)c(N)c(C(C)CCCCSc2nc(C(C)C)c(N)c(C(C)CCCCSc3nc(Cl)c(N)c(Cl)n3)n2)n1. The van der Waals surface area contributed by atoms with Gasteiger partial charge in [-0.15, -0.1) is 0 Å². The van der Waals surface area contributed by atoms with E-state index < -0.39 is 9.84 Å². The van der Waals surface area contributed by atoms with Crippen LogP contribution in [0.25, 0.3) is 0 Å². The minimum Gasteiger partial charge on any atom is -0.396 e. The normalized spacial score (nSPS) is 13.4.